The first-order valence-electron chi connectivity index (χ1n) is 5.19. The number of carbonyl (C=O) groups is 1. The van der Waals surface area contributed by atoms with Crippen LogP contribution in [-0.4, -0.2) is 24.6 Å². The first-order chi connectivity index (χ1) is 7.43. The SMILES string of the molecule is COCC(=O)Nc1cc(C(C)(C)C)ccn1. The normalized spacial score (nSPS) is 11.2. The van der Waals surface area contributed by atoms with Crippen LogP contribution in [-0.2, 0) is 14.9 Å². The summed E-state index contributed by atoms with van der Waals surface area (Å²) >= 11 is 0. The van der Waals surface area contributed by atoms with E-state index in [0.717, 1.165) is 5.56 Å². The maximum Gasteiger partial charge on any atom is 0.251 e. The number of pyridine rings is 1. The predicted molar refractivity (Wildman–Crippen MR) is 63.4 cm³/mol. The summed E-state index contributed by atoms with van der Waals surface area (Å²) in [7, 11) is 1.48. The molecule has 0 saturated heterocycles. The van der Waals surface area contributed by atoms with Crippen LogP contribution in [0.4, 0.5) is 5.82 Å². The Labute approximate surface area is 96.0 Å². The van der Waals surface area contributed by atoms with Gasteiger partial charge >= 0.3 is 0 Å². The highest BCUT2D eigenvalue weighted by molar-refractivity contribution is 5.90. The van der Waals surface area contributed by atoms with Gasteiger partial charge in [0, 0.05) is 13.3 Å². The lowest BCUT2D eigenvalue weighted by Gasteiger charge is -2.19. The molecule has 4 heteroatoms. The molecule has 0 saturated carbocycles. The fraction of sp³-hybridized carbons (Fsp3) is 0.500. The lowest BCUT2D eigenvalue weighted by molar-refractivity contribution is -0.119. The summed E-state index contributed by atoms with van der Waals surface area (Å²) < 4.78 is 4.73. The molecule has 4 nitrogen and oxygen atoms in total. The molecule has 0 radical (unpaired) electrons. The van der Waals surface area contributed by atoms with Gasteiger partial charge in [0.2, 0.25) is 0 Å². The van der Waals surface area contributed by atoms with Crippen LogP contribution in [0.5, 0.6) is 0 Å². The number of nitrogens with zero attached hydrogens (tertiary/aromatic N) is 1. The van der Waals surface area contributed by atoms with Crippen molar-refractivity contribution in [3.05, 3.63) is 23.9 Å². The largest absolute Gasteiger partial charge is 0.375 e. The van der Waals surface area contributed by atoms with E-state index >= 15 is 0 Å². The Morgan fingerprint density at radius 3 is 2.75 bits per heavy atom. The van der Waals surface area contributed by atoms with Gasteiger partial charge in [-0.1, -0.05) is 20.8 Å². The van der Waals surface area contributed by atoms with E-state index in [4.69, 9.17) is 4.74 Å². The van der Waals surface area contributed by atoms with Gasteiger partial charge in [0.05, 0.1) is 0 Å². The Bertz CT molecular complexity index is 370. The van der Waals surface area contributed by atoms with Crippen molar-refractivity contribution >= 4 is 11.7 Å². The zero-order valence-corrected chi connectivity index (χ0v) is 10.2. The summed E-state index contributed by atoms with van der Waals surface area (Å²) in [5, 5.41) is 2.68. The number of carbonyl (C=O) groups excluding carboxylic acids is 1. The van der Waals surface area contributed by atoms with Gasteiger partial charge in [0.15, 0.2) is 0 Å². The third-order valence-corrected chi connectivity index (χ3v) is 2.17. The van der Waals surface area contributed by atoms with Gasteiger partial charge in [-0.05, 0) is 23.1 Å². The number of nitrogens with one attached hydrogen (secondary N) is 1. The van der Waals surface area contributed by atoms with E-state index in [-0.39, 0.29) is 17.9 Å². The highest BCUT2D eigenvalue weighted by Crippen LogP contribution is 2.23. The van der Waals surface area contributed by atoms with E-state index in [1.165, 1.54) is 7.11 Å². The molecule has 0 aliphatic carbocycles. The average Bonchev–Trinajstić information content (AvgIpc) is 2.17. The molecule has 0 fully saturated rings. The monoisotopic (exact) mass is 222 g/mol. The molecule has 0 spiro atoms. The molecule has 1 rings (SSSR count). The number of rotatable bonds is 3. The van der Waals surface area contributed by atoms with Crippen LogP contribution in [0.15, 0.2) is 18.3 Å². The lowest BCUT2D eigenvalue weighted by atomic mass is 9.88. The molecule has 0 unspecified atom stereocenters. The topological polar surface area (TPSA) is 51.2 Å². The van der Waals surface area contributed by atoms with E-state index in [1.807, 2.05) is 12.1 Å². The second kappa shape index (κ2) is 5.07. The summed E-state index contributed by atoms with van der Waals surface area (Å²) in [6, 6.07) is 3.83. The minimum atomic E-state index is -0.193. The number of amides is 1. The number of anilines is 1. The van der Waals surface area contributed by atoms with Crippen molar-refractivity contribution < 1.29 is 9.53 Å². The van der Waals surface area contributed by atoms with Gasteiger partial charge in [-0.15, -0.1) is 0 Å². The summed E-state index contributed by atoms with van der Waals surface area (Å²) in [6.07, 6.45) is 1.70. The van der Waals surface area contributed by atoms with E-state index in [2.05, 4.69) is 31.1 Å². The van der Waals surface area contributed by atoms with Gasteiger partial charge < -0.3 is 10.1 Å². The molecule has 0 bridgehead atoms. The standard InChI is InChI=1S/C12H18N2O2/c1-12(2,3)9-5-6-13-10(7-9)14-11(15)8-16-4/h5-7H,8H2,1-4H3,(H,13,14,15). The molecule has 1 amide bonds. The number of hydrogen-bond donors (Lipinski definition) is 1. The van der Waals surface area contributed by atoms with Crippen LogP contribution in [0, 0.1) is 0 Å². The maximum absolute atomic E-state index is 11.3. The molecular formula is C12H18N2O2. The second-order valence-corrected chi connectivity index (χ2v) is 4.66. The zero-order chi connectivity index (χ0) is 12.2. The molecule has 88 valence electrons. The van der Waals surface area contributed by atoms with Crippen LogP contribution in [0.1, 0.15) is 26.3 Å². The molecule has 16 heavy (non-hydrogen) atoms. The third-order valence-electron chi connectivity index (χ3n) is 2.17. The number of hydrogen-bond acceptors (Lipinski definition) is 3. The highest BCUT2D eigenvalue weighted by atomic mass is 16.5. The van der Waals surface area contributed by atoms with E-state index in [9.17, 15) is 4.79 Å². The summed E-state index contributed by atoms with van der Waals surface area (Å²) in [6.45, 7) is 6.39. The second-order valence-electron chi connectivity index (χ2n) is 4.66. The van der Waals surface area contributed by atoms with Crippen molar-refractivity contribution in [3.63, 3.8) is 0 Å². The first-order valence-corrected chi connectivity index (χ1v) is 5.19. The fourth-order valence-corrected chi connectivity index (χ4v) is 1.28. The van der Waals surface area contributed by atoms with E-state index < -0.39 is 0 Å². The van der Waals surface area contributed by atoms with E-state index in [0.29, 0.717) is 5.82 Å². The Morgan fingerprint density at radius 2 is 2.19 bits per heavy atom. The quantitative estimate of drug-likeness (QED) is 0.850. The Morgan fingerprint density at radius 1 is 1.50 bits per heavy atom. The average molecular weight is 222 g/mol. The molecule has 1 aromatic heterocycles. The fourth-order valence-electron chi connectivity index (χ4n) is 1.28. The van der Waals surface area contributed by atoms with Crippen LogP contribution in [0.2, 0.25) is 0 Å². The van der Waals surface area contributed by atoms with Gasteiger partial charge in [-0.25, -0.2) is 4.98 Å². The molecule has 1 N–H and O–H groups in total. The minimum Gasteiger partial charge on any atom is -0.375 e. The smallest absolute Gasteiger partial charge is 0.251 e. The van der Waals surface area contributed by atoms with Gasteiger partial charge in [-0.3, -0.25) is 4.79 Å². The maximum atomic E-state index is 11.3. The summed E-state index contributed by atoms with van der Waals surface area (Å²) in [5.74, 6) is 0.371. The summed E-state index contributed by atoms with van der Waals surface area (Å²) in [5.41, 5.74) is 1.18. The van der Waals surface area contributed by atoms with Gasteiger partial charge in [0.1, 0.15) is 12.4 Å². The van der Waals surface area contributed by atoms with Crippen LogP contribution < -0.4 is 5.32 Å². The van der Waals surface area contributed by atoms with Gasteiger partial charge in [0.25, 0.3) is 5.91 Å². The molecule has 1 heterocycles. The number of aromatic nitrogens is 1. The Kier molecular flexibility index (Phi) is 4.01. The van der Waals surface area contributed by atoms with Crippen molar-refractivity contribution in [3.8, 4) is 0 Å². The minimum absolute atomic E-state index is 0.0431. The Hall–Kier alpha value is -1.42. The van der Waals surface area contributed by atoms with Crippen molar-refractivity contribution in [1.82, 2.24) is 4.98 Å². The predicted octanol–water partition coefficient (Wildman–Crippen LogP) is 1.96. The van der Waals surface area contributed by atoms with Crippen molar-refractivity contribution in [2.24, 2.45) is 0 Å². The zero-order valence-electron chi connectivity index (χ0n) is 10.2. The molecule has 0 aliphatic rings. The van der Waals surface area contributed by atoms with Crippen molar-refractivity contribution in [1.29, 1.82) is 0 Å². The van der Waals surface area contributed by atoms with Crippen LogP contribution >= 0.6 is 0 Å². The van der Waals surface area contributed by atoms with Crippen LogP contribution in [0.25, 0.3) is 0 Å². The first kappa shape index (κ1) is 12.6. The molecular weight excluding hydrogens is 204 g/mol. The van der Waals surface area contributed by atoms with E-state index in [1.54, 1.807) is 6.20 Å². The van der Waals surface area contributed by atoms with Crippen molar-refractivity contribution in [2.75, 3.05) is 19.0 Å². The molecule has 0 aliphatic heterocycles. The molecule has 1 aromatic rings. The lowest BCUT2D eigenvalue weighted by Crippen LogP contribution is -2.19. The number of methoxy groups -OCH3 is 1. The molecule has 0 aromatic carbocycles. The third kappa shape index (κ3) is 3.62. The molecule has 0 atom stereocenters. The van der Waals surface area contributed by atoms with Crippen molar-refractivity contribution in [2.45, 2.75) is 26.2 Å². The highest BCUT2D eigenvalue weighted by Gasteiger charge is 2.14. The number of ether oxygens (including phenoxy) is 1. The summed E-state index contributed by atoms with van der Waals surface area (Å²) in [4.78, 5) is 15.4. The Balaban J connectivity index is 2.79. The van der Waals surface area contributed by atoms with Gasteiger partial charge in [-0.2, -0.15) is 0 Å². The van der Waals surface area contributed by atoms with Crippen LogP contribution in [0.3, 0.4) is 0 Å².